The third-order valence-corrected chi connectivity index (χ3v) is 3.98. The van der Waals surface area contributed by atoms with Crippen molar-refractivity contribution in [3.05, 3.63) is 54.3 Å². The van der Waals surface area contributed by atoms with Crippen LogP contribution in [0, 0.1) is 0 Å². The molecule has 0 radical (unpaired) electrons. The second-order valence-electron chi connectivity index (χ2n) is 5.22. The van der Waals surface area contributed by atoms with Crippen molar-refractivity contribution in [2.75, 3.05) is 19.6 Å². The van der Waals surface area contributed by atoms with Crippen LogP contribution in [0.2, 0.25) is 0 Å². The minimum absolute atomic E-state index is 0.109. The number of allylic oxidation sites excluding steroid dienone is 2. The van der Waals surface area contributed by atoms with E-state index in [0.717, 1.165) is 5.70 Å². The molecule has 2 aromatic rings. The quantitative estimate of drug-likeness (QED) is 0.786. The SMILES string of the molecule is O=C(c1cnn2cccnc12)N1CC[N+]2(O)C=CC=C2C1. The van der Waals surface area contributed by atoms with Gasteiger partial charge in [0.25, 0.3) is 5.91 Å². The molecule has 1 fully saturated rings. The predicted octanol–water partition coefficient (Wildman–Crippen LogP) is 0.802. The monoisotopic (exact) mass is 284 g/mol. The number of rotatable bonds is 1. The van der Waals surface area contributed by atoms with Gasteiger partial charge < -0.3 is 4.90 Å². The van der Waals surface area contributed by atoms with Crippen molar-refractivity contribution in [1.82, 2.24) is 19.5 Å². The van der Waals surface area contributed by atoms with Crippen molar-refractivity contribution >= 4 is 11.6 Å². The molecule has 7 nitrogen and oxygen atoms in total. The molecule has 1 unspecified atom stereocenters. The molecule has 2 aliphatic rings. The molecule has 1 saturated heterocycles. The Morgan fingerprint density at radius 1 is 1.43 bits per heavy atom. The largest absolute Gasteiger partial charge is 0.323 e. The lowest BCUT2D eigenvalue weighted by Gasteiger charge is -2.35. The normalized spacial score (nSPS) is 24.2. The van der Waals surface area contributed by atoms with Gasteiger partial charge in [0.1, 0.15) is 18.3 Å². The van der Waals surface area contributed by atoms with E-state index in [0.29, 0.717) is 30.8 Å². The lowest BCUT2D eigenvalue weighted by atomic mass is 10.2. The number of hydrogen-bond acceptors (Lipinski definition) is 4. The maximum absolute atomic E-state index is 12.7. The summed E-state index contributed by atoms with van der Waals surface area (Å²) in [6.45, 7) is 1.36. The summed E-state index contributed by atoms with van der Waals surface area (Å²) in [5, 5.41) is 14.5. The minimum atomic E-state index is -0.184. The van der Waals surface area contributed by atoms with Gasteiger partial charge in [-0.3, -0.25) is 4.79 Å². The Hall–Kier alpha value is -2.51. The maximum Gasteiger partial charge on any atom is 0.260 e. The van der Waals surface area contributed by atoms with Gasteiger partial charge in [-0.15, -0.1) is 4.65 Å². The molecular formula is C14H14N5O2+. The Balaban J connectivity index is 1.64. The summed E-state index contributed by atoms with van der Waals surface area (Å²) in [6, 6.07) is 1.77. The molecule has 1 atom stereocenters. The number of carbonyl (C=O) groups excluding carboxylic acids is 1. The van der Waals surface area contributed by atoms with Crippen LogP contribution in [0.3, 0.4) is 0 Å². The number of piperazine rings is 1. The highest BCUT2D eigenvalue weighted by Gasteiger charge is 2.40. The Labute approximate surface area is 120 Å². The fraction of sp³-hybridized carbons (Fsp3) is 0.214. The Morgan fingerprint density at radius 3 is 3.24 bits per heavy atom. The van der Waals surface area contributed by atoms with E-state index in [1.54, 1.807) is 40.3 Å². The van der Waals surface area contributed by atoms with Crippen LogP contribution >= 0.6 is 0 Å². The van der Waals surface area contributed by atoms with Gasteiger partial charge in [0.05, 0.1) is 19.3 Å². The van der Waals surface area contributed by atoms with Crippen LogP contribution in [0.5, 0.6) is 0 Å². The van der Waals surface area contributed by atoms with Crippen LogP contribution in [0.15, 0.2) is 48.7 Å². The zero-order valence-electron chi connectivity index (χ0n) is 11.3. The fourth-order valence-corrected chi connectivity index (χ4v) is 2.78. The topological polar surface area (TPSA) is 70.7 Å². The minimum Gasteiger partial charge on any atom is -0.323 e. The zero-order valence-corrected chi connectivity index (χ0v) is 11.3. The third kappa shape index (κ3) is 1.78. The summed E-state index contributed by atoms with van der Waals surface area (Å²) in [5.41, 5.74) is 1.84. The number of carbonyl (C=O) groups is 1. The fourth-order valence-electron chi connectivity index (χ4n) is 2.78. The Morgan fingerprint density at radius 2 is 2.33 bits per heavy atom. The third-order valence-electron chi connectivity index (χ3n) is 3.98. The first-order valence-corrected chi connectivity index (χ1v) is 6.74. The first kappa shape index (κ1) is 12.2. The molecule has 0 saturated carbocycles. The highest BCUT2D eigenvalue weighted by Crippen LogP contribution is 2.27. The molecule has 4 heterocycles. The second-order valence-corrected chi connectivity index (χ2v) is 5.22. The summed E-state index contributed by atoms with van der Waals surface area (Å²) in [6.07, 6.45) is 10.3. The van der Waals surface area contributed by atoms with Crippen molar-refractivity contribution < 1.29 is 14.6 Å². The van der Waals surface area contributed by atoms with Gasteiger partial charge in [-0.2, -0.15) is 5.10 Å². The van der Waals surface area contributed by atoms with Crippen molar-refractivity contribution in [3.63, 3.8) is 0 Å². The Bertz CT molecular complexity index is 794. The predicted molar refractivity (Wildman–Crippen MR) is 73.0 cm³/mol. The van der Waals surface area contributed by atoms with Crippen LogP contribution < -0.4 is 0 Å². The van der Waals surface area contributed by atoms with Crippen LogP contribution in [0.1, 0.15) is 10.4 Å². The van der Waals surface area contributed by atoms with Crippen molar-refractivity contribution in [2.24, 2.45) is 0 Å². The van der Waals surface area contributed by atoms with Gasteiger partial charge in [0.2, 0.25) is 0 Å². The van der Waals surface area contributed by atoms with Crippen LogP contribution in [0.25, 0.3) is 5.65 Å². The molecule has 1 N–H and O–H groups in total. The van der Waals surface area contributed by atoms with Gasteiger partial charge in [-0.1, -0.05) is 0 Å². The molecule has 2 aliphatic heterocycles. The molecule has 0 aliphatic carbocycles. The zero-order chi connectivity index (χ0) is 14.4. The molecule has 0 aromatic carbocycles. The average Bonchev–Trinajstić information content (AvgIpc) is 3.08. The van der Waals surface area contributed by atoms with Crippen LogP contribution in [-0.4, -0.2) is 54.9 Å². The van der Waals surface area contributed by atoms with Crippen LogP contribution in [-0.2, 0) is 0 Å². The van der Waals surface area contributed by atoms with E-state index in [9.17, 15) is 10.0 Å². The van der Waals surface area contributed by atoms with Gasteiger partial charge in [-0.05, 0) is 6.07 Å². The maximum atomic E-state index is 12.7. The summed E-state index contributed by atoms with van der Waals surface area (Å²) in [7, 11) is 0. The number of nitrogens with zero attached hydrogens (tertiary/aromatic N) is 5. The van der Waals surface area contributed by atoms with Crippen molar-refractivity contribution in [3.8, 4) is 0 Å². The van der Waals surface area contributed by atoms with Gasteiger partial charge in [0.15, 0.2) is 11.3 Å². The van der Waals surface area contributed by atoms with Gasteiger partial charge in [0, 0.05) is 24.5 Å². The lowest BCUT2D eigenvalue weighted by molar-refractivity contribution is -1.03. The highest BCUT2D eigenvalue weighted by molar-refractivity contribution is 5.99. The van der Waals surface area contributed by atoms with E-state index in [2.05, 4.69) is 10.1 Å². The molecule has 1 amide bonds. The molecule has 2 aromatic heterocycles. The van der Waals surface area contributed by atoms with Gasteiger partial charge >= 0.3 is 0 Å². The van der Waals surface area contributed by atoms with E-state index < -0.39 is 0 Å². The standard InChI is InChI=1S/C14H14N5O2/c20-14(12-9-16-18-5-2-4-15-13(12)18)17-6-8-19(21)7-1-3-11(19)10-17/h1-5,7,9,21H,6,8,10H2/q+1. The number of quaternary nitrogens is 1. The highest BCUT2D eigenvalue weighted by atomic mass is 16.5. The molecule has 0 spiro atoms. The number of aromatic nitrogens is 3. The van der Waals surface area contributed by atoms with E-state index in [1.807, 2.05) is 12.2 Å². The molecule has 106 valence electrons. The molecule has 4 rings (SSSR count). The molecular weight excluding hydrogens is 270 g/mol. The van der Waals surface area contributed by atoms with Crippen molar-refractivity contribution in [2.45, 2.75) is 0 Å². The van der Waals surface area contributed by atoms with E-state index in [-0.39, 0.29) is 10.6 Å². The summed E-state index contributed by atoms with van der Waals surface area (Å²) < 4.78 is 1.40. The lowest BCUT2D eigenvalue weighted by Crippen LogP contribution is -2.53. The summed E-state index contributed by atoms with van der Waals surface area (Å²) in [5.74, 6) is -0.109. The molecule has 21 heavy (non-hydrogen) atoms. The van der Waals surface area contributed by atoms with Crippen molar-refractivity contribution in [1.29, 1.82) is 0 Å². The van der Waals surface area contributed by atoms with E-state index in [1.165, 1.54) is 0 Å². The number of hydroxylamine groups is 3. The molecule has 7 heteroatoms. The number of amides is 1. The van der Waals surface area contributed by atoms with E-state index in [4.69, 9.17) is 0 Å². The first-order chi connectivity index (χ1) is 10.2. The average molecular weight is 284 g/mol. The van der Waals surface area contributed by atoms with Crippen LogP contribution in [0.4, 0.5) is 0 Å². The van der Waals surface area contributed by atoms with Gasteiger partial charge in [-0.25, -0.2) is 14.7 Å². The van der Waals surface area contributed by atoms with E-state index >= 15 is 0 Å². The molecule has 0 bridgehead atoms. The first-order valence-electron chi connectivity index (χ1n) is 6.74. The summed E-state index contributed by atoms with van der Waals surface area (Å²) in [4.78, 5) is 18.6. The Kier molecular flexibility index (Phi) is 2.47. The number of fused-ring (bicyclic) bond motifs is 2. The second kappa shape index (κ2) is 4.24. The number of hydrogen-bond donors (Lipinski definition) is 1. The smallest absolute Gasteiger partial charge is 0.260 e. The summed E-state index contributed by atoms with van der Waals surface area (Å²) >= 11 is 0.